The van der Waals surface area contributed by atoms with Crippen molar-refractivity contribution in [1.82, 2.24) is 24.7 Å². The van der Waals surface area contributed by atoms with E-state index in [1.54, 1.807) is 12.3 Å². The molecule has 8 nitrogen and oxygen atoms in total. The summed E-state index contributed by atoms with van der Waals surface area (Å²) < 4.78 is 13.8. The first-order valence-electron chi connectivity index (χ1n) is 10.5. The maximum atomic E-state index is 12.2. The molecule has 0 aliphatic carbocycles. The molecule has 0 amide bonds. The normalized spacial score (nSPS) is 21.5. The zero-order valence-electron chi connectivity index (χ0n) is 17.7. The van der Waals surface area contributed by atoms with Crippen molar-refractivity contribution in [3.8, 4) is 0 Å². The molecule has 5 heterocycles. The highest BCUT2D eigenvalue weighted by molar-refractivity contribution is 7.84. The first kappa shape index (κ1) is 20.8. The first-order chi connectivity index (χ1) is 14.8. The number of anilines is 1. The molecule has 2 aliphatic heterocycles. The van der Waals surface area contributed by atoms with Crippen LogP contribution in [0.5, 0.6) is 0 Å². The number of fused-ring (bicyclic) bond motifs is 2. The largest absolute Gasteiger partial charge is 0.355 e. The molecule has 1 saturated heterocycles. The number of nitrogens with two attached hydrogens (primary N) is 1. The second kappa shape index (κ2) is 7.50. The molecule has 2 atom stereocenters. The third kappa shape index (κ3) is 3.62. The molecular formula is C21H26ClN7OS. The monoisotopic (exact) mass is 459 g/mol. The quantitative estimate of drug-likeness (QED) is 0.601. The maximum Gasteiger partial charge on any atom is 0.179 e. The second-order valence-electron chi connectivity index (χ2n) is 9.28. The minimum atomic E-state index is -1.38. The van der Waals surface area contributed by atoms with Crippen molar-refractivity contribution in [2.75, 3.05) is 18.0 Å². The van der Waals surface area contributed by atoms with Crippen LogP contribution in [0.15, 0.2) is 30.6 Å². The third-order valence-electron chi connectivity index (χ3n) is 6.99. The Hall–Kier alpha value is -2.10. The number of hydrogen-bond donors (Lipinski definition) is 1. The molecule has 2 aliphatic rings. The summed E-state index contributed by atoms with van der Waals surface area (Å²) in [5.74, 6) is 1.15. The fourth-order valence-corrected chi connectivity index (χ4v) is 5.57. The Labute approximate surface area is 188 Å². The van der Waals surface area contributed by atoms with E-state index < -0.39 is 15.7 Å². The molecule has 1 spiro atoms. The van der Waals surface area contributed by atoms with Crippen molar-refractivity contribution in [1.29, 1.82) is 0 Å². The van der Waals surface area contributed by atoms with Gasteiger partial charge in [-0.05, 0) is 51.3 Å². The van der Waals surface area contributed by atoms with Crippen LogP contribution >= 0.6 is 11.6 Å². The van der Waals surface area contributed by atoms with Crippen molar-refractivity contribution >= 4 is 39.6 Å². The summed E-state index contributed by atoms with van der Waals surface area (Å²) in [6.45, 7) is 6.65. The summed E-state index contributed by atoms with van der Waals surface area (Å²) in [5.41, 5.74) is 2.63. The highest BCUT2D eigenvalue weighted by Gasteiger charge is 2.50. The van der Waals surface area contributed by atoms with Crippen LogP contribution in [0.25, 0.3) is 11.2 Å². The zero-order valence-corrected chi connectivity index (χ0v) is 19.2. The Kier molecular flexibility index (Phi) is 5.02. The lowest BCUT2D eigenvalue weighted by molar-refractivity contribution is 0.156. The molecule has 3 aromatic heterocycles. The van der Waals surface area contributed by atoms with Gasteiger partial charge in [-0.2, -0.15) is 5.10 Å². The van der Waals surface area contributed by atoms with Gasteiger partial charge in [-0.3, -0.25) is 9.82 Å². The molecule has 164 valence electrons. The molecule has 2 N–H and O–H groups in total. The smallest absolute Gasteiger partial charge is 0.179 e. The molecule has 1 fully saturated rings. The number of aromatic nitrogens is 5. The minimum Gasteiger partial charge on any atom is -0.355 e. The van der Waals surface area contributed by atoms with Gasteiger partial charge in [-0.1, -0.05) is 11.6 Å². The summed E-state index contributed by atoms with van der Waals surface area (Å²) in [6, 6.07) is 5.70. The highest BCUT2D eigenvalue weighted by atomic mass is 35.5. The molecule has 0 radical (unpaired) electrons. The molecule has 0 aromatic carbocycles. The summed E-state index contributed by atoms with van der Waals surface area (Å²) in [4.78, 5) is 15.7. The molecule has 3 aromatic rings. The van der Waals surface area contributed by atoms with E-state index in [4.69, 9.17) is 21.7 Å². The van der Waals surface area contributed by atoms with E-state index in [0.717, 1.165) is 50.2 Å². The molecule has 31 heavy (non-hydrogen) atoms. The Morgan fingerprint density at radius 3 is 2.77 bits per heavy atom. The van der Waals surface area contributed by atoms with Crippen LogP contribution in [-0.2, 0) is 17.5 Å². The van der Waals surface area contributed by atoms with E-state index in [2.05, 4.69) is 30.7 Å². The van der Waals surface area contributed by atoms with Crippen molar-refractivity contribution in [3.63, 3.8) is 0 Å². The molecule has 0 bridgehead atoms. The van der Waals surface area contributed by atoms with Crippen LogP contribution in [0.4, 0.5) is 5.82 Å². The molecule has 1 unspecified atom stereocenters. The predicted octanol–water partition coefficient (Wildman–Crippen LogP) is 3.05. The summed E-state index contributed by atoms with van der Waals surface area (Å²) in [5, 5.41) is 10.8. The summed E-state index contributed by atoms with van der Waals surface area (Å²) in [6.07, 6.45) is 6.44. The van der Waals surface area contributed by atoms with Crippen molar-refractivity contribution in [3.05, 3.63) is 41.4 Å². The van der Waals surface area contributed by atoms with Crippen molar-refractivity contribution < 1.29 is 4.21 Å². The third-order valence-corrected chi connectivity index (χ3v) is 8.46. The SMILES string of the molecule is CC(C)(C[C@@H]1c2ccnn2CC12CCN(c1cnc3nc(Cl)ccc3n1)CC2)S(N)=O. The van der Waals surface area contributed by atoms with E-state index in [-0.39, 0.29) is 11.3 Å². The minimum absolute atomic E-state index is 0.0933. The van der Waals surface area contributed by atoms with Crippen LogP contribution < -0.4 is 10.0 Å². The first-order valence-corrected chi connectivity index (χ1v) is 12.1. The topological polar surface area (TPSA) is 103 Å². The van der Waals surface area contributed by atoms with E-state index >= 15 is 0 Å². The average Bonchev–Trinajstić information content (AvgIpc) is 3.29. The van der Waals surface area contributed by atoms with Gasteiger partial charge in [-0.15, -0.1) is 0 Å². The standard InChI is InChI=1S/C21H26ClN7OS/c1-20(2,31(23)30)11-14-16-5-8-25-29(16)13-21(14)6-9-28(10-7-21)18-12-24-19-15(26-18)3-4-17(22)27-19/h3-5,8,12,14H,6-7,9-11,13,23H2,1-2H3/t14-,31?/m1/s1. The van der Waals surface area contributed by atoms with Crippen LogP contribution in [0.2, 0.25) is 5.15 Å². The van der Waals surface area contributed by atoms with E-state index in [1.807, 2.05) is 26.1 Å². The number of pyridine rings is 1. The van der Waals surface area contributed by atoms with Crippen molar-refractivity contribution in [2.24, 2.45) is 10.6 Å². The van der Waals surface area contributed by atoms with Crippen LogP contribution in [0.1, 0.15) is 44.7 Å². The van der Waals surface area contributed by atoms with Crippen LogP contribution in [0.3, 0.4) is 0 Å². The van der Waals surface area contributed by atoms with Gasteiger partial charge in [0.05, 0.1) is 21.9 Å². The highest BCUT2D eigenvalue weighted by Crippen LogP contribution is 2.53. The Morgan fingerprint density at radius 1 is 1.26 bits per heavy atom. The Morgan fingerprint density at radius 2 is 2.03 bits per heavy atom. The lowest BCUT2D eigenvalue weighted by atomic mass is 9.67. The summed E-state index contributed by atoms with van der Waals surface area (Å²) >= 11 is 5.96. The van der Waals surface area contributed by atoms with Gasteiger partial charge < -0.3 is 4.90 Å². The van der Waals surface area contributed by atoms with Gasteiger partial charge >= 0.3 is 0 Å². The Bertz CT molecular complexity index is 1160. The second-order valence-corrected chi connectivity index (χ2v) is 11.4. The number of hydrogen-bond acceptors (Lipinski definition) is 6. The number of rotatable bonds is 4. The van der Waals surface area contributed by atoms with Crippen LogP contribution in [-0.4, -0.2) is 46.8 Å². The van der Waals surface area contributed by atoms with Gasteiger partial charge in [0.25, 0.3) is 0 Å². The van der Waals surface area contributed by atoms with Crippen molar-refractivity contribution in [2.45, 2.75) is 50.3 Å². The lowest BCUT2D eigenvalue weighted by Gasteiger charge is -2.44. The Balaban J connectivity index is 1.38. The fourth-order valence-electron chi connectivity index (χ4n) is 5.10. The molecule has 10 heteroatoms. The number of piperidine rings is 1. The van der Waals surface area contributed by atoms with Gasteiger partial charge in [0, 0.05) is 42.9 Å². The zero-order chi connectivity index (χ0) is 21.8. The van der Waals surface area contributed by atoms with Gasteiger partial charge in [0.1, 0.15) is 16.5 Å². The van der Waals surface area contributed by atoms with Gasteiger partial charge in [0.15, 0.2) is 5.65 Å². The van der Waals surface area contributed by atoms with E-state index in [9.17, 15) is 4.21 Å². The summed E-state index contributed by atoms with van der Waals surface area (Å²) in [7, 11) is -1.38. The van der Waals surface area contributed by atoms with Gasteiger partial charge in [0.2, 0.25) is 0 Å². The number of halogens is 1. The van der Waals surface area contributed by atoms with Gasteiger partial charge in [-0.25, -0.2) is 19.2 Å². The lowest BCUT2D eigenvalue weighted by Crippen LogP contribution is -2.45. The molecule has 0 saturated carbocycles. The van der Waals surface area contributed by atoms with E-state index in [1.165, 1.54) is 5.69 Å². The van der Waals surface area contributed by atoms with Crippen LogP contribution in [0, 0.1) is 5.41 Å². The predicted molar refractivity (Wildman–Crippen MR) is 122 cm³/mol. The average molecular weight is 460 g/mol. The number of nitrogens with zero attached hydrogens (tertiary/aromatic N) is 6. The maximum absolute atomic E-state index is 12.2. The fraction of sp³-hybridized carbons (Fsp3) is 0.524. The van der Waals surface area contributed by atoms with E-state index in [0.29, 0.717) is 10.8 Å². The molecular weight excluding hydrogens is 434 g/mol. The molecule has 5 rings (SSSR count).